The Balaban J connectivity index is 2.20. The monoisotopic (exact) mass is 204 g/mol. The summed E-state index contributed by atoms with van der Waals surface area (Å²) in [5, 5.41) is 0. The van der Waals surface area contributed by atoms with Gasteiger partial charge in [0.05, 0.1) is 0 Å². The molecule has 0 unspecified atom stereocenters. The third kappa shape index (κ3) is 4.72. The zero-order valence-electron chi connectivity index (χ0n) is 8.31. The quantitative estimate of drug-likeness (QED) is 0.429. The van der Waals surface area contributed by atoms with Gasteiger partial charge in [-0.05, 0) is 5.56 Å². The topological polar surface area (TPSA) is 35.5 Å². The molecule has 0 radical (unpaired) electrons. The molecule has 0 aromatic heterocycles. The number of hydrogen-bond donors (Lipinski definition) is 0. The van der Waals surface area contributed by atoms with Gasteiger partial charge in [-0.3, -0.25) is 0 Å². The van der Waals surface area contributed by atoms with Crippen LogP contribution in [-0.2, 0) is 16.1 Å². The van der Waals surface area contributed by atoms with Gasteiger partial charge in [0, 0.05) is 6.42 Å². The van der Waals surface area contributed by atoms with Crippen LogP contribution in [-0.4, -0.2) is 12.8 Å². The number of carbonyl (C=O) groups excluding carboxylic acids is 1. The van der Waals surface area contributed by atoms with Gasteiger partial charge in [-0.25, -0.2) is 4.79 Å². The van der Waals surface area contributed by atoms with Crippen LogP contribution in [0.15, 0.2) is 30.3 Å². The van der Waals surface area contributed by atoms with E-state index in [0.717, 1.165) is 5.56 Å². The zero-order chi connectivity index (χ0) is 10.9. The first kappa shape index (κ1) is 11.1. The fraction of sp³-hybridized carbons (Fsp3) is 0.250. The Hall–Kier alpha value is -1.95. The summed E-state index contributed by atoms with van der Waals surface area (Å²) in [4.78, 5) is 11.0. The SMILES string of the molecule is C#CCCOC(=O)OCc1ccccc1. The van der Waals surface area contributed by atoms with E-state index in [2.05, 4.69) is 5.92 Å². The summed E-state index contributed by atoms with van der Waals surface area (Å²) < 4.78 is 9.55. The largest absolute Gasteiger partial charge is 0.508 e. The first-order valence-corrected chi connectivity index (χ1v) is 4.60. The minimum absolute atomic E-state index is 0.199. The smallest absolute Gasteiger partial charge is 0.433 e. The predicted molar refractivity (Wildman–Crippen MR) is 56.0 cm³/mol. The summed E-state index contributed by atoms with van der Waals surface area (Å²) in [5.41, 5.74) is 0.923. The zero-order valence-corrected chi connectivity index (χ0v) is 8.31. The normalized spacial score (nSPS) is 9.00. The second-order valence-corrected chi connectivity index (χ2v) is 2.83. The number of benzene rings is 1. The predicted octanol–water partition coefficient (Wildman–Crippen LogP) is 2.36. The van der Waals surface area contributed by atoms with Crippen molar-refractivity contribution >= 4 is 6.16 Å². The van der Waals surface area contributed by atoms with Crippen LogP contribution in [0.2, 0.25) is 0 Å². The van der Waals surface area contributed by atoms with Crippen molar-refractivity contribution in [2.24, 2.45) is 0 Å². The lowest BCUT2D eigenvalue weighted by Gasteiger charge is -2.04. The van der Waals surface area contributed by atoms with Crippen LogP contribution in [0, 0.1) is 12.3 Å². The van der Waals surface area contributed by atoms with Crippen LogP contribution in [0.4, 0.5) is 4.79 Å². The highest BCUT2D eigenvalue weighted by molar-refractivity contribution is 5.59. The average molecular weight is 204 g/mol. The van der Waals surface area contributed by atoms with Crippen LogP contribution in [0.5, 0.6) is 0 Å². The number of hydrogen-bond acceptors (Lipinski definition) is 3. The summed E-state index contributed by atoms with van der Waals surface area (Å²) in [6.45, 7) is 0.417. The highest BCUT2D eigenvalue weighted by Crippen LogP contribution is 2.01. The Morgan fingerprint density at radius 1 is 1.27 bits per heavy atom. The molecule has 0 fully saturated rings. The molecule has 0 heterocycles. The molecule has 0 spiro atoms. The van der Waals surface area contributed by atoms with E-state index in [1.807, 2.05) is 30.3 Å². The van der Waals surface area contributed by atoms with Crippen molar-refractivity contribution in [2.75, 3.05) is 6.61 Å². The average Bonchev–Trinajstić information content (AvgIpc) is 2.28. The van der Waals surface area contributed by atoms with Gasteiger partial charge in [0.15, 0.2) is 0 Å². The molecule has 0 atom stereocenters. The fourth-order valence-electron chi connectivity index (χ4n) is 0.951. The van der Waals surface area contributed by atoms with Gasteiger partial charge in [0.1, 0.15) is 13.2 Å². The second kappa shape index (κ2) is 6.50. The lowest BCUT2D eigenvalue weighted by molar-refractivity contribution is 0.0514. The molecule has 0 saturated heterocycles. The molecule has 0 aliphatic rings. The lowest BCUT2D eigenvalue weighted by atomic mass is 10.2. The Morgan fingerprint density at radius 3 is 2.67 bits per heavy atom. The van der Waals surface area contributed by atoms with E-state index >= 15 is 0 Å². The maximum atomic E-state index is 11.0. The number of rotatable bonds is 4. The van der Waals surface area contributed by atoms with E-state index < -0.39 is 6.16 Å². The number of carbonyl (C=O) groups is 1. The Morgan fingerprint density at radius 2 is 2.00 bits per heavy atom. The standard InChI is InChI=1S/C12H12O3/c1-2-3-9-14-12(13)15-10-11-7-5-4-6-8-11/h1,4-8H,3,9-10H2. The van der Waals surface area contributed by atoms with Crippen molar-refractivity contribution in [1.82, 2.24) is 0 Å². The van der Waals surface area contributed by atoms with Crippen LogP contribution >= 0.6 is 0 Å². The molecule has 78 valence electrons. The third-order valence-corrected chi connectivity index (χ3v) is 1.67. The third-order valence-electron chi connectivity index (χ3n) is 1.67. The summed E-state index contributed by atoms with van der Waals surface area (Å²) in [5.74, 6) is 2.36. The van der Waals surface area contributed by atoms with Crippen LogP contribution in [0.25, 0.3) is 0 Å². The first-order valence-electron chi connectivity index (χ1n) is 4.60. The highest BCUT2D eigenvalue weighted by Gasteiger charge is 2.02. The van der Waals surface area contributed by atoms with E-state index in [1.165, 1.54) is 0 Å². The van der Waals surface area contributed by atoms with Gasteiger partial charge in [-0.2, -0.15) is 0 Å². The van der Waals surface area contributed by atoms with E-state index in [0.29, 0.717) is 6.42 Å². The molecular weight excluding hydrogens is 192 g/mol. The maximum absolute atomic E-state index is 11.0. The van der Waals surface area contributed by atoms with Crippen molar-refractivity contribution in [3.05, 3.63) is 35.9 Å². The van der Waals surface area contributed by atoms with Crippen molar-refractivity contribution in [1.29, 1.82) is 0 Å². The molecule has 3 nitrogen and oxygen atoms in total. The Kier molecular flexibility index (Phi) is 4.82. The molecule has 0 N–H and O–H groups in total. The van der Waals surface area contributed by atoms with Gasteiger partial charge in [0.2, 0.25) is 0 Å². The molecule has 1 aromatic carbocycles. The van der Waals surface area contributed by atoms with E-state index in [4.69, 9.17) is 15.9 Å². The van der Waals surface area contributed by atoms with Gasteiger partial charge in [-0.1, -0.05) is 30.3 Å². The summed E-state index contributed by atoms with van der Waals surface area (Å²) in [7, 11) is 0. The first-order chi connectivity index (χ1) is 7.33. The van der Waals surface area contributed by atoms with Gasteiger partial charge >= 0.3 is 6.16 Å². The molecule has 0 aliphatic carbocycles. The molecule has 0 amide bonds. The van der Waals surface area contributed by atoms with Crippen molar-refractivity contribution in [3.8, 4) is 12.3 Å². The minimum atomic E-state index is -0.686. The molecule has 1 aromatic rings. The van der Waals surface area contributed by atoms with Gasteiger partial charge in [-0.15, -0.1) is 12.3 Å². The van der Waals surface area contributed by atoms with Gasteiger partial charge < -0.3 is 9.47 Å². The molecule has 15 heavy (non-hydrogen) atoms. The number of ether oxygens (including phenoxy) is 2. The van der Waals surface area contributed by atoms with Crippen LogP contribution in [0.1, 0.15) is 12.0 Å². The molecule has 0 aliphatic heterocycles. The molecule has 0 bridgehead atoms. The van der Waals surface area contributed by atoms with Gasteiger partial charge in [0.25, 0.3) is 0 Å². The van der Waals surface area contributed by atoms with Crippen molar-refractivity contribution in [3.63, 3.8) is 0 Å². The molecule has 0 saturated carbocycles. The van der Waals surface area contributed by atoms with E-state index in [9.17, 15) is 4.79 Å². The van der Waals surface area contributed by atoms with E-state index in [1.54, 1.807) is 0 Å². The van der Waals surface area contributed by atoms with Crippen molar-refractivity contribution < 1.29 is 14.3 Å². The second-order valence-electron chi connectivity index (χ2n) is 2.83. The van der Waals surface area contributed by atoms with E-state index in [-0.39, 0.29) is 13.2 Å². The van der Waals surface area contributed by atoms with Crippen LogP contribution < -0.4 is 0 Å². The Bertz CT molecular complexity index is 338. The molecule has 3 heteroatoms. The highest BCUT2D eigenvalue weighted by atomic mass is 16.7. The lowest BCUT2D eigenvalue weighted by Crippen LogP contribution is -2.08. The van der Waals surface area contributed by atoms with Crippen molar-refractivity contribution in [2.45, 2.75) is 13.0 Å². The summed E-state index contributed by atoms with van der Waals surface area (Å²) in [6.07, 6.45) is 4.71. The maximum Gasteiger partial charge on any atom is 0.508 e. The Labute approximate surface area is 89.0 Å². The minimum Gasteiger partial charge on any atom is -0.433 e. The summed E-state index contributed by atoms with van der Waals surface area (Å²) >= 11 is 0. The summed E-state index contributed by atoms with van der Waals surface area (Å²) in [6, 6.07) is 9.39. The number of terminal acetylenes is 1. The fourth-order valence-corrected chi connectivity index (χ4v) is 0.951. The molecule has 1 rings (SSSR count). The molecular formula is C12H12O3. The van der Waals surface area contributed by atoms with Crippen LogP contribution in [0.3, 0.4) is 0 Å².